The molecule has 1 aliphatic carbocycles. The van der Waals surface area contributed by atoms with E-state index in [1.165, 1.54) is 25.3 Å². The maximum absolute atomic E-state index is 12.7. The van der Waals surface area contributed by atoms with E-state index in [4.69, 9.17) is 4.74 Å². The standard InChI is InChI=1S/C18H23N3O6.ClH/c1-11(20-9-12-4-3-7-18(12,10-20)17(23)24)16(22)19-14-8-13(21(25)26)5-6-15(14)27-2;/h5-6,8,11-12H,3-4,7,9-10H2,1-2H3,(H,19,22)(H,23,24);1H/t11?,12-,18+;/m0./s1. The lowest BCUT2D eigenvalue weighted by atomic mass is 9.81. The molecule has 2 aliphatic rings. The van der Waals surface area contributed by atoms with Gasteiger partial charge in [-0.3, -0.25) is 24.6 Å². The Morgan fingerprint density at radius 2 is 2.18 bits per heavy atom. The van der Waals surface area contributed by atoms with E-state index in [0.717, 1.165) is 12.8 Å². The molecule has 2 N–H and O–H groups in total. The number of benzene rings is 1. The summed E-state index contributed by atoms with van der Waals surface area (Å²) in [5, 5.41) is 23.4. The fourth-order valence-corrected chi connectivity index (χ4v) is 4.28. The molecule has 10 heteroatoms. The Bertz CT molecular complexity index is 789. The molecule has 1 saturated heterocycles. The second kappa shape index (κ2) is 8.32. The first-order valence-corrected chi connectivity index (χ1v) is 8.89. The molecule has 1 aromatic rings. The van der Waals surface area contributed by atoms with Gasteiger partial charge in [-0.15, -0.1) is 12.4 Å². The van der Waals surface area contributed by atoms with Gasteiger partial charge < -0.3 is 15.2 Å². The Morgan fingerprint density at radius 1 is 1.46 bits per heavy atom. The second-order valence-corrected chi connectivity index (χ2v) is 7.29. The van der Waals surface area contributed by atoms with Crippen LogP contribution in [0.15, 0.2) is 18.2 Å². The number of nitrogens with one attached hydrogen (secondary N) is 1. The molecule has 0 spiro atoms. The lowest BCUT2D eigenvalue weighted by Gasteiger charge is -2.26. The normalized spacial score (nSPS) is 24.7. The number of nitrogens with zero attached hydrogens (tertiary/aromatic N) is 2. The van der Waals surface area contributed by atoms with Crippen LogP contribution in [-0.4, -0.2) is 53.0 Å². The molecular formula is C18H24ClN3O6. The first kappa shape index (κ1) is 21.9. The van der Waals surface area contributed by atoms with Gasteiger partial charge in [0.25, 0.3) is 5.69 Å². The number of halogens is 1. The number of aliphatic carboxylic acids is 1. The summed E-state index contributed by atoms with van der Waals surface area (Å²) in [6, 6.07) is 3.42. The monoisotopic (exact) mass is 413 g/mol. The third kappa shape index (κ3) is 3.77. The van der Waals surface area contributed by atoms with Crippen LogP contribution >= 0.6 is 12.4 Å². The van der Waals surface area contributed by atoms with Gasteiger partial charge in [-0.05, 0) is 31.7 Å². The van der Waals surface area contributed by atoms with E-state index in [2.05, 4.69) is 5.32 Å². The summed E-state index contributed by atoms with van der Waals surface area (Å²) in [5.74, 6) is -0.770. The molecular weight excluding hydrogens is 390 g/mol. The molecule has 9 nitrogen and oxygen atoms in total. The van der Waals surface area contributed by atoms with Gasteiger partial charge in [0.05, 0.1) is 29.2 Å². The molecule has 1 heterocycles. The van der Waals surface area contributed by atoms with Crippen LogP contribution in [0.1, 0.15) is 26.2 Å². The number of fused-ring (bicyclic) bond motifs is 1. The largest absolute Gasteiger partial charge is 0.495 e. The minimum atomic E-state index is -0.791. The van der Waals surface area contributed by atoms with Crippen molar-refractivity contribution in [3.8, 4) is 5.75 Å². The Labute approximate surface area is 168 Å². The minimum absolute atomic E-state index is 0. The molecule has 0 bridgehead atoms. The highest BCUT2D eigenvalue weighted by molar-refractivity contribution is 5.96. The number of hydrogen-bond acceptors (Lipinski definition) is 6. The number of carboxylic acids is 1. The number of anilines is 1. The number of amides is 1. The van der Waals surface area contributed by atoms with Gasteiger partial charge in [-0.2, -0.15) is 0 Å². The molecule has 1 aliphatic heterocycles. The number of carboxylic acid groups (broad SMARTS) is 1. The third-order valence-electron chi connectivity index (χ3n) is 5.90. The van der Waals surface area contributed by atoms with Gasteiger partial charge >= 0.3 is 5.97 Å². The number of non-ortho nitro benzene ring substituents is 1. The number of nitro groups is 1. The van der Waals surface area contributed by atoms with Crippen molar-refractivity contribution >= 4 is 35.7 Å². The Kier molecular flexibility index (Phi) is 6.51. The van der Waals surface area contributed by atoms with E-state index in [0.29, 0.717) is 25.3 Å². The molecule has 2 fully saturated rings. The smallest absolute Gasteiger partial charge is 0.311 e. The van der Waals surface area contributed by atoms with Crippen molar-refractivity contribution in [2.75, 3.05) is 25.5 Å². The summed E-state index contributed by atoms with van der Waals surface area (Å²) < 4.78 is 5.17. The Balaban J connectivity index is 0.00000280. The predicted octanol–water partition coefficient (Wildman–Crippen LogP) is 2.54. The summed E-state index contributed by atoms with van der Waals surface area (Å²) in [5.41, 5.74) is -0.701. The number of rotatable bonds is 6. The van der Waals surface area contributed by atoms with Crippen LogP contribution in [0.3, 0.4) is 0 Å². The molecule has 0 radical (unpaired) electrons. The topological polar surface area (TPSA) is 122 Å². The van der Waals surface area contributed by atoms with Crippen LogP contribution in [0.2, 0.25) is 0 Å². The molecule has 1 aromatic carbocycles. The Hall–Kier alpha value is -2.39. The number of carbonyl (C=O) groups is 2. The molecule has 3 rings (SSSR count). The number of carbonyl (C=O) groups excluding carboxylic acids is 1. The van der Waals surface area contributed by atoms with Crippen molar-refractivity contribution in [1.82, 2.24) is 4.90 Å². The minimum Gasteiger partial charge on any atom is -0.495 e. The van der Waals surface area contributed by atoms with E-state index in [-0.39, 0.29) is 35.6 Å². The quantitative estimate of drug-likeness (QED) is 0.542. The zero-order valence-corrected chi connectivity index (χ0v) is 16.5. The van der Waals surface area contributed by atoms with Crippen molar-refractivity contribution in [3.63, 3.8) is 0 Å². The van der Waals surface area contributed by atoms with E-state index in [1.54, 1.807) is 6.92 Å². The highest BCUT2D eigenvalue weighted by atomic mass is 35.5. The zero-order chi connectivity index (χ0) is 19.8. The summed E-state index contributed by atoms with van der Waals surface area (Å²) in [6.45, 7) is 2.62. The summed E-state index contributed by atoms with van der Waals surface area (Å²) in [4.78, 5) is 36.9. The predicted molar refractivity (Wildman–Crippen MR) is 104 cm³/mol. The van der Waals surface area contributed by atoms with Gasteiger partial charge in [-0.25, -0.2) is 0 Å². The Morgan fingerprint density at radius 3 is 2.75 bits per heavy atom. The second-order valence-electron chi connectivity index (χ2n) is 7.29. The highest BCUT2D eigenvalue weighted by Gasteiger charge is 2.55. The van der Waals surface area contributed by atoms with Gasteiger partial charge in [0.1, 0.15) is 5.75 Å². The van der Waals surface area contributed by atoms with Crippen LogP contribution in [0.25, 0.3) is 0 Å². The summed E-state index contributed by atoms with van der Waals surface area (Å²) in [7, 11) is 1.42. The van der Waals surface area contributed by atoms with Crippen LogP contribution in [-0.2, 0) is 9.59 Å². The van der Waals surface area contributed by atoms with Crippen molar-refractivity contribution in [3.05, 3.63) is 28.3 Å². The van der Waals surface area contributed by atoms with Crippen molar-refractivity contribution in [2.24, 2.45) is 11.3 Å². The molecule has 0 aromatic heterocycles. The van der Waals surface area contributed by atoms with Crippen LogP contribution in [0.5, 0.6) is 5.75 Å². The van der Waals surface area contributed by atoms with Gasteiger partial charge in [0.15, 0.2) is 0 Å². The fourth-order valence-electron chi connectivity index (χ4n) is 4.28. The number of nitro benzene ring substituents is 1. The van der Waals surface area contributed by atoms with Crippen molar-refractivity contribution in [2.45, 2.75) is 32.2 Å². The molecule has 3 atom stereocenters. The van der Waals surface area contributed by atoms with E-state index in [9.17, 15) is 24.8 Å². The average Bonchev–Trinajstić information content (AvgIpc) is 3.19. The van der Waals surface area contributed by atoms with Crippen LogP contribution in [0.4, 0.5) is 11.4 Å². The summed E-state index contributed by atoms with van der Waals surface area (Å²) in [6.07, 6.45) is 2.39. The highest BCUT2D eigenvalue weighted by Crippen LogP contribution is 2.49. The van der Waals surface area contributed by atoms with Crippen molar-refractivity contribution in [1.29, 1.82) is 0 Å². The fraction of sp³-hybridized carbons (Fsp3) is 0.556. The summed E-state index contributed by atoms with van der Waals surface area (Å²) >= 11 is 0. The molecule has 1 saturated carbocycles. The molecule has 1 unspecified atom stereocenters. The number of likely N-dealkylation sites (tertiary alicyclic amines) is 1. The van der Waals surface area contributed by atoms with E-state index in [1.807, 2.05) is 4.90 Å². The van der Waals surface area contributed by atoms with E-state index >= 15 is 0 Å². The number of methoxy groups -OCH3 is 1. The SMILES string of the molecule is COc1ccc([N+](=O)[O-])cc1NC(=O)C(C)N1C[C@@H]2CCC[C@@]2(C(=O)O)C1.Cl. The maximum atomic E-state index is 12.7. The molecule has 154 valence electrons. The lowest BCUT2D eigenvalue weighted by Crippen LogP contribution is -2.43. The van der Waals surface area contributed by atoms with Crippen LogP contribution in [0, 0.1) is 21.4 Å². The number of ether oxygens (including phenoxy) is 1. The number of hydrogen-bond donors (Lipinski definition) is 2. The van der Waals surface area contributed by atoms with Gasteiger partial charge in [0.2, 0.25) is 5.91 Å². The molecule has 28 heavy (non-hydrogen) atoms. The lowest BCUT2D eigenvalue weighted by molar-refractivity contribution is -0.384. The maximum Gasteiger partial charge on any atom is 0.311 e. The third-order valence-corrected chi connectivity index (χ3v) is 5.90. The molecule has 1 amide bonds. The van der Waals surface area contributed by atoms with Crippen molar-refractivity contribution < 1.29 is 24.4 Å². The van der Waals surface area contributed by atoms with E-state index < -0.39 is 22.3 Å². The zero-order valence-electron chi connectivity index (χ0n) is 15.7. The van der Waals surface area contributed by atoms with Crippen LogP contribution < -0.4 is 10.1 Å². The average molecular weight is 414 g/mol. The van der Waals surface area contributed by atoms with Gasteiger partial charge in [0, 0.05) is 25.2 Å². The first-order valence-electron chi connectivity index (χ1n) is 8.89. The first-order chi connectivity index (χ1) is 12.8. The van der Waals surface area contributed by atoms with Gasteiger partial charge in [-0.1, -0.05) is 6.42 Å².